The quantitative estimate of drug-likeness (QED) is 0.817. The first-order valence-electron chi connectivity index (χ1n) is 8.42. The van der Waals surface area contributed by atoms with E-state index in [4.69, 9.17) is 11.6 Å². The van der Waals surface area contributed by atoms with E-state index in [1.165, 1.54) is 18.2 Å². The van der Waals surface area contributed by atoms with Gasteiger partial charge in [-0.1, -0.05) is 17.7 Å². The number of hydrogen-bond donors (Lipinski definition) is 1. The van der Waals surface area contributed by atoms with Crippen molar-refractivity contribution in [2.75, 3.05) is 16.8 Å². The molecule has 0 atom stereocenters. The van der Waals surface area contributed by atoms with Crippen LogP contribution in [-0.2, 0) is 14.6 Å². The Morgan fingerprint density at radius 1 is 1.22 bits per heavy atom. The molecule has 2 heterocycles. The highest BCUT2D eigenvalue weighted by Crippen LogP contribution is 2.44. The smallest absolute Gasteiger partial charge is 0.269 e. The van der Waals surface area contributed by atoms with Gasteiger partial charge >= 0.3 is 0 Å². The Kier molecular flexibility index (Phi) is 4.24. The van der Waals surface area contributed by atoms with Crippen molar-refractivity contribution in [1.29, 1.82) is 0 Å². The zero-order chi connectivity index (χ0) is 19.3. The summed E-state index contributed by atoms with van der Waals surface area (Å²) in [5.41, 5.74) is 1.65. The van der Waals surface area contributed by atoms with Crippen LogP contribution in [0.1, 0.15) is 18.4 Å². The van der Waals surface area contributed by atoms with Crippen LogP contribution >= 0.6 is 11.6 Å². The van der Waals surface area contributed by atoms with E-state index < -0.39 is 21.6 Å². The standard InChI is InChI=1S/C19H16ClFN2O3S/c1-11-4-6-13(21)14(9-11)22-19(24)18-16-3-2-8-23(16)15-7-5-12(20)10-17(15)27(18,25)26/h4-7,9-10H,2-3,8H2,1H3,(H,22,24). The molecule has 1 fully saturated rings. The lowest BCUT2D eigenvalue weighted by atomic mass is 10.2. The van der Waals surface area contributed by atoms with Crippen molar-refractivity contribution in [3.05, 3.63) is 63.4 Å². The predicted molar refractivity (Wildman–Crippen MR) is 102 cm³/mol. The summed E-state index contributed by atoms with van der Waals surface area (Å²) < 4.78 is 40.4. The third-order valence-electron chi connectivity index (χ3n) is 4.73. The van der Waals surface area contributed by atoms with Gasteiger partial charge in [0.15, 0.2) is 4.91 Å². The van der Waals surface area contributed by atoms with Gasteiger partial charge in [0.1, 0.15) is 5.82 Å². The van der Waals surface area contributed by atoms with Gasteiger partial charge in [0.05, 0.1) is 16.3 Å². The zero-order valence-corrected chi connectivity index (χ0v) is 16.0. The minimum absolute atomic E-state index is 0.00415. The fraction of sp³-hybridized carbons (Fsp3) is 0.211. The Morgan fingerprint density at radius 2 is 2.00 bits per heavy atom. The molecule has 0 spiro atoms. The van der Waals surface area contributed by atoms with Crippen LogP contribution in [0.15, 0.2) is 51.9 Å². The maximum Gasteiger partial charge on any atom is 0.269 e. The second-order valence-corrected chi connectivity index (χ2v) is 8.88. The summed E-state index contributed by atoms with van der Waals surface area (Å²) >= 11 is 5.99. The molecule has 140 valence electrons. The number of halogens is 2. The van der Waals surface area contributed by atoms with Gasteiger partial charge in [0.25, 0.3) is 5.91 Å². The molecule has 1 N–H and O–H groups in total. The maximum absolute atomic E-state index is 14.0. The monoisotopic (exact) mass is 406 g/mol. The van der Waals surface area contributed by atoms with Crippen molar-refractivity contribution in [2.45, 2.75) is 24.7 Å². The number of benzene rings is 2. The van der Waals surface area contributed by atoms with Crippen molar-refractivity contribution in [2.24, 2.45) is 0 Å². The van der Waals surface area contributed by atoms with Gasteiger partial charge in [0, 0.05) is 17.3 Å². The van der Waals surface area contributed by atoms with Crippen molar-refractivity contribution in [3.8, 4) is 0 Å². The van der Waals surface area contributed by atoms with Crippen LogP contribution in [-0.4, -0.2) is 20.9 Å². The molecule has 2 aromatic rings. The molecule has 2 aromatic carbocycles. The number of sulfone groups is 1. The third-order valence-corrected chi connectivity index (χ3v) is 6.83. The first-order valence-corrected chi connectivity index (χ1v) is 10.3. The number of nitrogens with zero attached hydrogens (tertiary/aromatic N) is 1. The number of carbonyl (C=O) groups excluding carboxylic acids is 1. The lowest BCUT2D eigenvalue weighted by Crippen LogP contribution is -2.32. The molecule has 1 saturated heterocycles. The summed E-state index contributed by atoms with van der Waals surface area (Å²) in [6.45, 7) is 2.36. The first-order chi connectivity index (χ1) is 12.8. The van der Waals surface area contributed by atoms with E-state index in [-0.39, 0.29) is 20.5 Å². The van der Waals surface area contributed by atoms with Crippen LogP contribution in [0.2, 0.25) is 5.02 Å². The highest BCUT2D eigenvalue weighted by atomic mass is 35.5. The van der Waals surface area contributed by atoms with Gasteiger partial charge in [-0.3, -0.25) is 4.79 Å². The summed E-state index contributed by atoms with van der Waals surface area (Å²) in [6.07, 6.45) is 1.18. The summed E-state index contributed by atoms with van der Waals surface area (Å²) in [6, 6.07) is 8.89. The lowest BCUT2D eigenvalue weighted by Gasteiger charge is -2.30. The van der Waals surface area contributed by atoms with Gasteiger partial charge in [-0.2, -0.15) is 0 Å². The van der Waals surface area contributed by atoms with E-state index in [9.17, 15) is 17.6 Å². The summed E-state index contributed by atoms with van der Waals surface area (Å²) in [5.74, 6) is -1.47. The molecular weight excluding hydrogens is 391 g/mol. The first kappa shape index (κ1) is 18.0. The van der Waals surface area contributed by atoms with Gasteiger partial charge in [-0.05, 0) is 55.7 Å². The van der Waals surface area contributed by atoms with Crippen molar-refractivity contribution in [1.82, 2.24) is 0 Å². The molecule has 4 rings (SSSR count). The maximum atomic E-state index is 14.0. The molecule has 0 aliphatic carbocycles. The number of carbonyl (C=O) groups is 1. The van der Waals surface area contributed by atoms with Crippen molar-refractivity contribution < 1.29 is 17.6 Å². The van der Waals surface area contributed by atoms with E-state index in [1.807, 2.05) is 4.90 Å². The molecule has 0 radical (unpaired) electrons. The second kappa shape index (κ2) is 6.35. The van der Waals surface area contributed by atoms with Crippen molar-refractivity contribution >= 4 is 38.7 Å². The predicted octanol–water partition coefficient (Wildman–Crippen LogP) is 4.03. The highest BCUT2D eigenvalue weighted by Gasteiger charge is 2.42. The van der Waals surface area contributed by atoms with Crippen molar-refractivity contribution in [3.63, 3.8) is 0 Å². The molecule has 0 saturated carbocycles. The fourth-order valence-electron chi connectivity index (χ4n) is 3.53. The number of anilines is 2. The van der Waals surface area contributed by atoms with Crippen LogP contribution in [0.3, 0.4) is 0 Å². The number of hydrogen-bond acceptors (Lipinski definition) is 4. The number of amides is 1. The fourth-order valence-corrected chi connectivity index (χ4v) is 5.54. The average Bonchev–Trinajstić information content (AvgIpc) is 3.07. The van der Waals surface area contributed by atoms with E-state index in [1.54, 1.807) is 25.1 Å². The Morgan fingerprint density at radius 3 is 2.78 bits per heavy atom. The molecule has 0 aromatic heterocycles. The average molecular weight is 407 g/mol. The molecular formula is C19H16ClFN2O3S. The Balaban J connectivity index is 1.83. The second-order valence-electron chi connectivity index (χ2n) is 6.58. The molecule has 2 aliphatic rings. The lowest BCUT2D eigenvalue weighted by molar-refractivity contribution is -0.112. The van der Waals surface area contributed by atoms with E-state index in [2.05, 4.69) is 5.32 Å². The molecule has 0 unspecified atom stereocenters. The minimum Gasteiger partial charge on any atom is -0.343 e. The number of nitrogens with one attached hydrogen (secondary N) is 1. The van der Waals surface area contributed by atoms with Crippen LogP contribution in [0.5, 0.6) is 0 Å². The largest absolute Gasteiger partial charge is 0.343 e. The van der Waals surface area contributed by atoms with E-state index in [0.29, 0.717) is 24.4 Å². The SMILES string of the molecule is Cc1ccc(F)c(NC(=O)C2=C3CCCN3c3ccc(Cl)cc3S2(=O)=O)c1. The van der Waals surface area contributed by atoms with Crippen LogP contribution in [0.4, 0.5) is 15.8 Å². The molecule has 1 amide bonds. The molecule has 0 bridgehead atoms. The Labute approximate surface area is 161 Å². The normalized spacial score (nSPS) is 17.5. The Hall–Kier alpha value is -2.38. The molecule has 5 nitrogen and oxygen atoms in total. The van der Waals surface area contributed by atoms with Gasteiger partial charge in [-0.15, -0.1) is 0 Å². The number of rotatable bonds is 2. The van der Waals surface area contributed by atoms with E-state index >= 15 is 0 Å². The van der Waals surface area contributed by atoms with Crippen LogP contribution < -0.4 is 10.2 Å². The molecule has 27 heavy (non-hydrogen) atoms. The van der Waals surface area contributed by atoms with Gasteiger partial charge in [-0.25, -0.2) is 12.8 Å². The van der Waals surface area contributed by atoms with Gasteiger partial charge in [0.2, 0.25) is 9.84 Å². The van der Waals surface area contributed by atoms with Gasteiger partial charge < -0.3 is 10.2 Å². The number of aryl methyl sites for hydroxylation is 1. The Bertz CT molecular complexity index is 1110. The summed E-state index contributed by atoms with van der Waals surface area (Å²) in [5, 5.41) is 2.69. The van der Waals surface area contributed by atoms with Crippen LogP contribution in [0.25, 0.3) is 0 Å². The topological polar surface area (TPSA) is 66.5 Å². The minimum atomic E-state index is -4.08. The zero-order valence-electron chi connectivity index (χ0n) is 14.4. The molecule has 2 aliphatic heterocycles. The molecule has 8 heteroatoms. The summed E-state index contributed by atoms with van der Waals surface area (Å²) in [7, 11) is -4.08. The third kappa shape index (κ3) is 2.91. The van der Waals surface area contributed by atoms with Crippen LogP contribution in [0, 0.1) is 12.7 Å². The summed E-state index contributed by atoms with van der Waals surface area (Å²) in [4.78, 5) is 14.4. The number of fused-ring (bicyclic) bond motifs is 3. The van der Waals surface area contributed by atoms with E-state index in [0.717, 1.165) is 12.0 Å². The highest BCUT2D eigenvalue weighted by molar-refractivity contribution is 7.96. The number of allylic oxidation sites excluding steroid dienone is 1.